The van der Waals surface area contributed by atoms with E-state index >= 15 is 0 Å². The maximum atomic E-state index is 8.64. The van der Waals surface area contributed by atoms with Crippen LogP contribution in [0.1, 0.15) is 5.56 Å². The lowest BCUT2D eigenvalue weighted by Crippen LogP contribution is -1.85. The van der Waals surface area contributed by atoms with Gasteiger partial charge in [0.05, 0.1) is 22.9 Å². The van der Waals surface area contributed by atoms with Gasteiger partial charge in [-0.05, 0) is 28.5 Å². The zero-order valence-corrected chi connectivity index (χ0v) is 9.03. The average molecular weight is 220 g/mol. The monoisotopic (exact) mass is 220 g/mol. The number of fused-ring (bicyclic) bond motifs is 1. The maximum Gasteiger partial charge on any atom is 0.0670 e. The third kappa shape index (κ3) is 1.45. The lowest BCUT2D eigenvalue weighted by Gasteiger charge is -1.99. The molecule has 2 nitrogen and oxygen atoms in total. The van der Waals surface area contributed by atoms with Crippen molar-refractivity contribution in [1.82, 2.24) is 0 Å². The van der Waals surface area contributed by atoms with E-state index in [0.29, 0.717) is 6.42 Å². The van der Waals surface area contributed by atoms with Crippen LogP contribution >= 0.6 is 24.0 Å². The van der Waals surface area contributed by atoms with E-state index in [1.165, 1.54) is 0 Å². The Bertz CT molecular complexity index is 523. The smallest absolute Gasteiger partial charge is 0.0670 e. The van der Waals surface area contributed by atoms with Crippen molar-refractivity contribution in [3.63, 3.8) is 0 Å². The third-order valence-corrected chi connectivity index (χ3v) is 3.39. The Morgan fingerprint density at radius 2 is 2.29 bits per heavy atom. The molecule has 0 saturated carbocycles. The van der Waals surface area contributed by atoms with Crippen molar-refractivity contribution in [1.29, 1.82) is 5.26 Å². The topological polar surface area (TPSA) is 49.8 Å². The Morgan fingerprint density at radius 3 is 3.00 bits per heavy atom. The Morgan fingerprint density at radius 1 is 1.50 bits per heavy atom. The molecule has 0 aliphatic rings. The summed E-state index contributed by atoms with van der Waals surface area (Å²) < 4.78 is 1.05. The van der Waals surface area contributed by atoms with Gasteiger partial charge in [-0.1, -0.05) is 0 Å². The highest BCUT2D eigenvalue weighted by Gasteiger charge is 2.06. The van der Waals surface area contributed by atoms with E-state index in [0.717, 1.165) is 26.2 Å². The number of hydrogen-bond donors (Lipinski definition) is 2. The summed E-state index contributed by atoms with van der Waals surface area (Å²) in [4.78, 5) is 0.840. The van der Waals surface area contributed by atoms with Crippen LogP contribution in [0.5, 0.6) is 0 Å². The average Bonchev–Trinajstić information content (AvgIpc) is 2.49. The van der Waals surface area contributed by atoms with Crippen LogP contribution in [-0.4, -0.2) is 0 Å². The summed E-state index contributed by atoms with van der Waals surface area (Å²) in [5, 5.41) is 11.7. The van der Waals surface area contributed by atoms with E-state index in [-0.39, 0.29) is 0 Å². The number of nitriles is 1. The van der Waals surface area contributed by atoms with E-state index < -0.39 is 0 Å². The molecule has 1 heterocycles. The van der Waals surface area contributed by atoms with Crippen LogP contribution in [0.15, 0.2) is 22.4 Å². The van der Waals surface area contributed by atoms with Crippen LogP contribution in [-0.2, 0) is 6.42 Å². The second-order valence-corrected chi connectivity index (χ2v) is 4.40. The van der Waals surface area contributed by atoms with E-state index in [2.05, 4.69) is 18.7 Å². The summed E-state index contributed by atoms with van der Waals surface area (Å²) in [5.41, 5.74) is 7.62. The first-order valence-electron chi connectivity index (χ1n) is 4.08. The largest absolute Gasteiger partial charge is 0.398 e. The van der Waals surface area contributed by atoms with E-state index in [4.69, 9.17) is 11.0 Å². The van der Waals surface area contributed by atoms with Gasteiger partial charge >= 0.3 is 0 Å². The molecule has 2 N–H and O–H groups in total. The number of nitrogens with two attached hydrogens (primary N) is 1. The molecule has 0 aliphatic carbocycles. The minimum absolute atomic E-state index is 0.427. The van der Waals surface area contributed by atoms with Gasteiger partial charge in [0.15, 0.2) is 0 Å². The fraction of sp³-hybridized carbons (Fsp3) is 0.100. The minimum atomic E-state index is 0.427. The number of rotatable bonds is 1. The highest BCUT2D eigenvalue weighted by atomic mass is 32.1. The minimum Gasteiger partial charge on any atom is -0.398 e. The fourth-order valence-electron chi connectivity index (χ4n) is 1.42. The van der Waals surface area contributed by atoms with Crippen molar-refractivity contribution in [3.8, 4) is 6.07 Å². The number of thiol groups is 1. The zero-order valence-electron chi connectivity index (χ0n) is 7.32. The quantitative estimate of drug-likeness (QED) is 0.573. The molecule has 14 heavy (non-hydrogen) atoms. The van der Waals surface area contributed by atoms with Crippen molar-refractivity contribution >= 4 is 39.7 Å². The third-order valence-electron chi connectivity index (χ3n) is 2.04. The molecule has 0 unspecified atom stereocenters. The van der Waals surface area contributed by atoms with Gasteiger partial charge in [0.2, 0.25) is 0 Å². The molecule has 0 amide bonds. The Labute approximate surface area is 91.4 Å². The molecule has 0 atom stereocenters. The first kappa shape index (κ1) is 9.38. The molecule has 1 aromatic heterocycles. The van der Waals surface area contributed by atoms with Crippen molar-refractivity contribution in [2.24, 2.45) is 0 Å². The Balaban J connectivity index is 2.73. The first-order chi connectivity index (χ1) is 6.72. The summed E-state index contributed by atoms with van der Waals surface area (Å²) in [6.07, 6.45) is 0.427. The van der Waals surface area contributed by atoms with Crippen molar-refractivity contribution in [3.05, 3.63) is 23.1 Å². The molecule has 2 rings (SSSR count). The number of hydrogen-bond acceptors (Lipinski definition) is 4. The summed E-state index contributed by atoms with van der Waals surface area (Å²) in [6, 6.07) is 5.93. The molecule has 0 fully saturated rings. The number of thiophene rings is 1. The first-order valence-corrected chi connectivity index (χ1v) is 5.40. The number of benzene rings is 1. The molecular formula is C10H8N2S2. The molecule has 0 saturated heterocycles. The van der Waals surface area contributed by atoms with Gasteiger partial charge in [0.25, 0.3) is 0 Å². The molecule has 0 aliphatic heterocycles. The number of nitrogen functional groups attached to an aromatic ring is 1. The van der Waals surface area contributed by atoms with Crippen LogP contribution in [0.3, 0.4) is 0 Å². The highest BCUT2D eigenvalue weighted by Crippen LogP contribution is 2.33. The maximum absolute atomic E-state index is 8.64. The molecule has 0 radical (unpaired) electrons. The standard InChI is InChI=1S/C10H8N2S2/c11-2-1-6-5-14-10-8(6)3-7(13)4-9(10)12/h3-5,13H,1,12H2. The van der Waals surface area contributed by atoms with Gasteiger partial charge in [-0.25, -0.2) is 0 Å². The van der Waals surface area contributed by atoms with Crippen LogP contribution in [0.2, 0.25) is 0 Å². The molecule has 1 aromatic carbocycles. The zero-order chi connectivity index (χ0) is 10.1. The van der Waals surface area contributed by atoms with Crippen molar-refractivity contribution in [2.75, 3.05) is 5.73 Å². The van der Waals surface area contributed by atoms with Gasteiger partial charge in [-0.3, -0.25) is 0 Å². The normalized spacial score (nSPS) is 10.3. The van der Waals surface area contributed by atoms with Crippen LogP contribution in [0.4, 0.5) is 5.69 Å². The molecule has 0 bridgehead atoms. The predicted molar refractivity (Wildman–Crippen MR) is 62.8 cm³/mol. The Hall–Kier alpha value is -1.18. The summed E-state index contributed by atoms with van der Waals surface area (Å²) in [5.74, 6) is 0. The second kappa shape index (κ2) is 3.52. The van der Waals surface area contributed by atoms with Gasteiger partial charge in [-0.2, -0.15) is 5.26 Å². The molecule has 4 heteroatoms. The molecule has 0 spiro atoms. The molecule has 2 aromatic rings. The summed E-state index contributed by atoms with van der Waals surface area (Å²) in [7, 11) is 0. The van der Waals surface area contributed by atoms with E-state index in [1.807, 2.05) is 17.5 Å². The fourth-order valence-corrected chi connectivity index (χ4v) is 2.67. The molecule has 70 valence electrons. The predicted octanol–water partition coefficient (Wildman–Crippen LogP) is 2.84. The van der Waals surface area contributed by atoms with Gasteiger partial charge < -0.3 is 5.73 Å². The summed E-state index contributed by atoms with van der Waals surface area (Å²) in [6.45, 7) is 0. The van der Waals surface area contributed by atoms with Crippen molar-refractivity contribution < 1.29 is 0 Å². The van der Waals surface area contributed by atoms with Crippen LogP contribution < -0.4 is 5.73 Å². The van der Waals surface area contributed by atoms with Gasteiger partial charge in [0.1, 0.15) is 0 Å². The van der Waals surface area contributed by atoms with Gasteiger partial charge in [0, 0.05) is 4.90 Å². The van der Waals surface area contributed by atoms with Crippen LogP contribution in [0, 0.1) is 11.3 Å². The Kier molecular flexibility index (Phi) is 2.36. The van der Waals surface area contributed by atoms with Crippen LogP contribution in [0.25, 0.3) is 10.1 Å². The highest BCUT2D eigenvalue weighted by molar-refractivity contribution is 7.80. The lowest BCUT2D eigenvalue weighted by molar-refractivity contribution is 1.30. The molecular weight excluding hydrogens is 212 g/mol. The van der Waals surface area contributed by atoms with E-state index in [1.54, 1.807) is 11.3 Å². The summed E-state index contributed by atoms with van der Waals surface area (Å²) >= 11 is 5.84. The van der Waals surface area contributed by atoms with E-state index in [9.17, 15) is 0 Å². The second-order valence-electron chi connectivity index (χ2n) is 3.01. The number of anilines is 1. The van der Waals surface area contributed by atoms with Gasteiger partial charge in [-0.15, -0.1) is 24.0 Å². The SMILES string of the molecule is N#CCc1csc2c(N)cc(S)cc12. The lowest BCUT2D eigenvalue weighted by atomic mass is 10.1. The number of nitrogens with zero attached hydrogens (tertiary/aromatic N) is 1. The van der Waals surface area contributed by atoms with Crippen molar-refractivity contribution in [2.45, 2.75) is 11.3 Å².